The predicted octanol–water partition coefficient (Wildman–Crippen LogP) is 3.78. The Hall–Kier alpha value is -0.200. The van der Waals surface area contributed by atoms with E-state index in [0.717, 1.165) is 16.0 Å². The molecular weight excluding hydrogens is 368 g/mol. The summed E-state index contributed by atoms with van der Waals surface area (Å²) < 4.78 is 5.71. The Morgan fingerprint density at radius 1 is 1.35 bits per heavy atom. The summed E-state index contributed by atoms with van der Waals surface area (Å²) in [6, 6.07) is 3.52. The molecule has 0 aliphatic carbocycles. The number of nitrogens with zero attached hydrogens (tertiary/aromatic N) is 1. The maximum Gasteiger partial charge on any atom is 0.285 e. The Balaban J connectivity index is 3.17. The van der Waals surface area contributed by atoms with Crippen LogP contribution in [0.15, 0.2) is 25.4 Å². The van der Waals surface area contributed by atoms with Crippen molar-refractivity contribution in [1.29, 1.82) is 0 Å². The Kier molecular flexibility index (Phi) is 5.82. The predicted molar refractivity (Wildman–Crippen MR) is 81.5 cm³/mol. The Morgan fingerprint density at radius 3 is 2.47 bits per heavy atom. The van der Waals surface area contributed by atoms with E-state index >= 15 is 0 Å². The van der Waals surface area contributed by atoms with Gasteiger partial charge in [0.2, 0.25) is 0 Å². The lowest BCUT2D eigenvalue weighted by Gasteiger charge is -2.06. The molecule has 0 radical (unpaired) electrons. The van der Waals surface area contributed by atoms with Crippen LogP contribution in [0, 0.1) is 0 Å². The second kappa shape index (κ2) is 6.66. The standard InChI is InChI=1S/C11H14Br2N2OS/c1-3-17(4-2)15-11(16)8-5-7(12)6-9(13)10(8)14/h5-6H,3-4,14H2,1-2H3. The second-order valence-corrected chi connectivity index (χ2v) is 7.32. The molecule has 1 rings (SSSR count). The fraction of sp³-hybridized carbons (Fsp3) is 0.364. The van der Waals surface area contributed by atoms with E-state index in [1.54, 1.807) is 6.07 Å². The highest BCUT2D eigenvalue weighted by atomic mass is 79.9. The van der Waals surface area contributed by atoms with Gasteiger partial charge in [0.05, 0.1) is 11.3 Å². The van der Waals surface area contributed by atoms with Crippen LogP contribution in [0.1, 0.15) is 24.2 Å². The first kappa shape index (κ1) is 14.9. The fourth-order valence-corrected chi connectivity index (χ4v) is 3.49. The number of carbonyl (C=O) groups excluding carboxylic acids is 1. The lowest BCUT2D eigenvalue weighted by molar-refractivity contribution is 0.101. The normalized spacial score (nSPS) is 10.6. The summed E-state index contributed by atoms with van der Waals surface area (Å²) in [6.07, 6.45) is 0. The summed E-state index contributed by atoms with van der Waals surface area (Å²) in [5.74, 6) is 1.53. The molecule has 0 saturated carbocycles. The van der Waals surface area contributed by atoms with Crippen LogP contribution in [0.5, 0.6) is 0 Å². The molecule has 0 heterocycles. The van der Waals surface area contributed by atoms with Crippen LogP contribution < -0.4 is 5.73 Å². The fourth-order valence-electron chi connectivity index (χ4n) is 1.26. The molecule has 0 aliphatic heterocycles. The van der Waals surface area contributed by atoms with E-state index in [1.165, 1.54) is 0 Å². The van der Waals surface area contributed by atoms with Gasteiger partial charge in [-0.05, 0) is 28.1 Å². The minimum absolute atomic E-state index is 0.201. The first-order valence-electron chi connectivity index (χ1n) is 5.17. The van der Waals surface area contributed by atoms with E-state index in [0.29, 0.717) is 15.7 Å². The first-order chi connectivity index (χ1) is 7.99. The van der Waals surface area contributed by atoms with Crippen LogP contribution in [0.3, 0.4) is 0 Å². The van der Waals surface area contributed by atoms with Crippen LogP contribution in [0.25, 0.3) is 0 Å². The van der Waals surface area contributed by atoms with Gasteiger partial charge in [0, 0.05) is 20.5 Å². The number of hydrogen-bond donors (Lipinski definition) is 1. The summed E-state index contributed by atoms with van der Waals surface area (Å²) in [5.41, 5.74) is 6.76. The molecule has 0 atom stereocenters. The van der Waals surface area contributed by atoms with Crippen molar-refractivity contribution >= 4 is 54.1 Å². The molecule has 0 bridgehead atoms. The highest BCUT2D eigenvalue weighted by Gasteiger charge is 2.13. The third-order valence-corrected chi connectivity index (χ3v) is 5.07. The number of nitrogens with two attached hydrogens (primary N) is 1. The van der Waals surface area contributed by atoms with Crippen LogP contribution in [0.4, 0.5) is 5.69 Å². The Bertz CT molecular complexity index is 469. The largest absolute Gasteiger partial charge is 0.397 e. The molecular formula is C11H14Br2N2OS. The Labute approximate surface area is 121 Å². The third-order valence-electron chi connectivity index (χ3n) is 2.20. The summed E-state index contributed by atoms with van der Waals surface area (Å²) in [5, 5.41) is 0. The van der Waals surface area contributed by atoms with E-state index in [9.17, 15) is 4.79 Å². The van der Waals surface area contributed by atoms with Gasteiger partial charge in [-0.15, -0.1) is 0 Å². The zero-order valence-electron chi connectivity index (χ0n) is 9.67. The van der Waals surface area contributed by atoms with Crippen molar-refractivity contribution in [2.45, 2.75) is 13.8 Å². The summed E-state index contributed by atoms with van der Waals surface area (Å²) >= 11 is 6.66. The van der Waals surface area contributed by atoms with Gasteiger partial charge in [-0.2, -0.15) is 4.36 Å². The summed E-state index contributed by atoms with van der Waals surface area (Å²) in [4.78, 5) is 12.0. The van der Waals surface area contributed by atoms with Gasteiger partial charge < -0.3 is 5.73 Å². The average molecular weight is 382 g/mol. The first-order valence-corrected chi connectivity index (χ1v) is 8.28. The van der Waals surface area contributed by atoms with E-state index < -0.39 is 0 Å². The lowest BCUT2D eigenvalue weighted by atomic mass is 10.2. The zero-order chi connectivity index (χ0) is 13.0. The smallest absolute Gasteiger partial charge is 0.285 e. The summed E-state index contributed by atoms with van der Waals surface area (Å²) in [6.45, 7) is 4.06. The van der Waals surface area contributed by atoms with Gasteiger partial charge in [0.25, 0.3) is 5.91 Å². The van der Waals surface area contributed by atoms with E-state index in [1.807, 2.05) is 19.9 Å². The topological polar surface area (TPSA) is 55.5 Å². The molecule has 0 saturated heterocycles. The molecule has 6 heteroatoms. The average Bonchev–Trinajstić information content (AvgIpc) is 2.30. The van der Waals surface area contributed by atoms with Gasteiger partial charge >= 0.3 is 0 Å². The molecule has 3 nitrogen and oxygen atoms in total. The van der Waals surface area contributed by atoms with Crippen molar-refractivity contribution in [2.24, 2.45) is 4.36 Å². The molecule has 1 amide bonds. The number of carbonyl (C=O) groups is 1. The SMILES string of the molecule is CCS(CC)=NC(=O)c1cc(Br)cc(Br)c1N. The lowest BCUT2D eigenvalue weighted by Crippen LogP contribution is -2.06. The second-order valence-electron chi connectivity index (χ2n) is 3.28. The number of benzene rings is 1. The molecule has 0 fully saturated rings. The van der Waals surface area contributed by atoms with Crippen LogP contribution in [-0.2, 0) is 10.7 Å². The molecule has 2 N–H and O–H groups in total. The maximum atomic E-state index is 12.0. The molecule has 0 unspecified atom stereocenters. The van der Waals surface area contributed by atoms with Crippen molar-refractivity contribution < 1.29 is 4.79 Å². The Morgan fingerprint density at radius 2 is 1.94 bits per heavy atom. The van der Waals surface area contributed by atoms with E-state index in [4.69, 9.17) is 5.73 Å². The number of anilines is 1. The number of halogens is 2. The van der Waals surface area contributed by atoms with Crippen molar-refractivity contribution in [2.75, 3.05) is 17.2 Å². The maximum absolute atomic E-state index is 12.0. The molecule has 94 valence electrons. The molecule has 0 aromatic heterocycles. The minimum Gasteiger partial charge on any atom is -0.397 e. The van der Waals surface area contributed by atoms with Gasteiger partial charge in [-0.3, -0.25) is 4.79 Å². The number of rotatable bonds is 3. The van der Waals surface area contributed by atoms with Crippen molar-refractivity contribution in [3.8, 4) is 0 Å². The van der Waals surface area contributed by atoms with Crippen LogP contribution >= 0.6 is 31.9 Å². The van der Waals surface area contributed by atoms with E-state index in [-0.39, 0.29) is 16.6 Å². The monoisotopic (exact) mass is 380 g/mol. The van der Waals surface area contributed by atoms with Gasteiger partial charge in [-0.1, -0.05) is 40.5 Å². The minimum atomic E-state index is -0.239. The quantitative estimate of drug-likeness (QED) is 0.810. The zero-order valence-corrected chi connectivity index (χ0v) is 13.7. The molecule has 17 heavy (non-hydrogen) atoms. The van der Waals surface area contributed by atoms with Crippen molar-refractivity contribution in [3.05, 3.63) is 26.6 Å². The number of amides is 1. The van der Waals surface area contributed by atoms with E-state index in [2.05, 4.69) is 36.2 Å². The van der Waals surface area contributed by atoms with Gasteiger partial charge in [0.1, 0.15) is 0 Å². The molecule has 0 spiro atoms. The van der Waals surface area contributed by atoms with Gasteiger partial charge in [-0.25, -0.2) is 0 Å². The van der Waals surface area contributed by atoms with Crippen LogP contribution in [0.2, 0.25) is 0 Å². The highest BCUT2D eigenvalue weighted by molar-refractivity contribution is 9.11. The third kappa shape index (κ3) is 3.89. The summed E-state index contributed by atoms with van der Waals surface area (Å²) in [7, 11) is -0.201. The molecule has 1 aromatic rings. The van der Waals surface area contributed by atoms with Crippen LogP contribution in [-0.4, -0.2) is 17.4 Å². The van der Waals surface area contributed by atoms with Crippen molar-refractivity contribution in [1.82, 2.24) is 0 Å². The van der Waals surface area contributed by atoms with Gasteiger partial charge in [0.15, 0.2) is 0 Å². The molecule has 0 aliphatic rings. The number of hydrogen-bond acceptors (Lipinski definition) is 2. The van der Waals surface area contributed by atoms with Crippen molar-refractivity contribution in [3.63, 3.8) is 0 Å². The highest BCUT2D eigenvalue weighted by Crippen LogP contribution is 2.28. The molecule has 1 aromatic carbocycles. The number of nitrogen functional groups attached to an aromatic ring is 1.